The van der Waals surface area contributed by atoms with Gasteiger partial charge in [0, 0.05) is 95.3 Å². The molecular weight excluding hydrogens is 1890 g/mol. The molecule has 0 bridgehead atoms. The average molecular weight is 1980 g/mol. The largest absolute Gasteiger partial charge is 0.394 e. The van der Waals surface area contributed by atoms with E-state index in [1.54, 1.807) is 6.07 Å². The minimum Gasteiger partial charge on any atom is -0.394 e. The van der Waals surface area contributed by atoms with Gasteiger partial charge in [0.2, 0.25) is 0 Å². The standard InChI is InChI=1S/2C18H20F2N2O6.3C17H16FN3O7/c1-9-7-22(17-15(25)14(24)13(8-23)28-17)18(27)21(16(9)26)5-4-10-2-3-11(19)6-12(10)20;1-10-7-21(16-14(25)13(24)12(8-23)28-16)17(27)22(15(10)26)9-18(19,20)11-5-3-2-4-6-11;18-8-1-2-11-9(5-8)10(19-28-11)6-21-13(23)3-4-20(17(21)26)16-15(25)14(24)12(7-22)27-16;18-8-1-2-9-10(19-28-11(9)5-8)6-21-13(23)3-4-20(17(21)26)16-15(25)14(24)12(7-22)27-16;18-8-2-1-3-10-13(8)9(19-28-10)6-21-12(23)4-5-20(17(21)26)16-15(25)14(24)11(7-22)27-16/h2-3,6-7,13-15,17,23-25H,4-5,8H2,1H3;2-7,12-14,16,23-25H,8-9H2,1H3;2*1-5,12,14-16,22,24-25H,6-7H2;1-5,11,14-16,22,24-25H,6-7H2/t13-,14?,15+,17-;12-,13?,14+,16-;2*12-,14+,15?,16-;11-,14+,15?,16-/m11111/s1. The number of aliphatic hydroxyl groups excluding tert-OH is 15. The van der Waals surface area contributed by atoms with Crippen LogP contribution in [0.15, 0.2) is 214 Å². The second-order valence-electron chi connectivity index (χ2n) is 32.6. The smallest absolute Gasteiger partial charge is 0.333 e. The molecule has 20 atom stereocenters. The molecule has 0 radical (unpaired) electrons. The van der Waals surface area contributed by atoms with Crippen LogP contribution in [0.25, 0.3) is 32.9 Å². The van der Waals surface area contributed by atoms with Crippen LogP contribution in [0.5, 0.6) is 0 Å². The lowest BCUT2D eigenvalue weighted by atomic mass is 10.1. The molecule has 0 spiro atoms. The zero-order valence-electron chi connectivity index (χ0n) is 72.8. The van der Waals surface area contributed by atoms with Crippen LogP contribution in [-0.4, -0.2) is 262 Å². The van der Waals surface area contributed by atoms with Gasteiger partial charge in [-0.2, -0.15) is 8.78 Å². The number of fused-ring (bicyclic) bond motifs is 3. The number of hydrogen-bond acceptors (Lipinski definition) is 36. The number of hydrogen-bond donors (Lipinski definition) is 15. The van der Waals surface area contributed by atoms with Gasteiger partial charge in [-0.05, 0) is 74.4 Å². The van der Waals surface area contributed by atoms with Crippen molar-refractivity contribution >= 4 is 32.9 Å². The first-order chi connectivity index (χ1) is 66.6. The highest BCUT2D eigenvalue weighted by Gasteiger charge is 2.49. The van der Waals surface area contributed by atoms with Crippen molar-refractivity contribution in [2.45, 2.75) is 182 Å². The average Bonchev–Trinajstić information content (AvgIpc) is 1.60. The van der Waals surface area contributed by atoms with Gasteiger partial charge >= 0.3 is 28.4 Å². The van der Waals surface area contributed by atoms with E-state index in [9.17, 15) is 155 Å². The van der Waals surface area contributed by atoms with Crippen molar-refractivity contribution in [2.24, 2.45) is 0 Å². The Bertz CT molecular complexity index is 7340. The van der Waals surface area contributed by atoms with E-state index in [-0.39, 0.29) is 88.5 Å². The summed E-state index contributed by atoms with van der Waals surface area (Å²) >= 11 is 0. The normalized spacial score (nSPS) is 24.9. The molecule has 18 rings (SSSR count). The highest BCUT2D eigenvalue weighted by atomic mass is 19.3. The lowest BCUT2D eigenvalue weighted by molar-refractivity contribution is -0.0578. The van der Waals surface area contributed by atoms with Crippen LogP contribution in [0.3, 0.4) is 0 Å². The molecule has 5 unspecified atom stereocenters. The molecule has 13 heterocycles. The number of aryl methyl sites for hydroxylation is 3. The number of nitrogens with zero attached hydrogens (tertiary/aromatic N) is 13. The Morgan fingerprint density at radius 1 is 0.350 bits per heavy atom. The maximum absolute atomic E-state index is 14.6. The molecule has 0 saturated carbocycles. The van der Waals surface area contributed by atoms with Gasteiger partial charge in [-0.3, -0.25) is 69.6 Å². The maximum Gasteiger partial charge on any atom is 0.333 e. The van der Waals surface area contributed by atoms with Gasteiger partial charge in [-0.1, -0.05) is 57.9 Å². The van der Waals surface area contributed by atoms with Crippen LogP contribution < -0.4 is 56.2 Å². The van der Waals surface area contributed by atoms with Crippen LogP contribution in [0.4, 0.5) is 30.7 Å². The molecule has 140 heavy (non-hydrogen) atoms. The fraction of sp³-hybridized carbons (Fsp3) is 0.391. The summed E-state index contributed by atoms with van der Waals surface area (Å²) in [5.41, 5.74) is -6.93. The van der Waals surface area contributed by atoms with E-state index < -0.39 is 254 Å². The summed E-state index contributed by atoms with van der Waals surface area (Å²) in [4.78, 5) is 125. The van der Waals surface area contributed by atoms with E-state index in [0.717, 1.165) is 96.2 Å². The molecule has 15 N–H and O–H groups in total. The van der Waals surface area contributed by atoms with Crippen molar-refractivity contribution in [3.63, 3.8) is 0 Å². The Labute approximate surface area is 775 Å². The van der Waals surface area contributed by atoms with Gasteiger partial charge in [0.25, 0.3) is 33.7 Å². The van der Waals surface area contributed by atoms with Crippen molar-refractivity contribution < 1.29 is 145 Å². The van der Waals surface area contributed by atoms with E-state index in [2.05, 4.69) is 15.5 Å². The summed E-state index contributed by atoms with van der Waals surface area (Å²) in [5.74, 6) is -6.68. The van der Waals surface area contributed by atoms with Gasteiger partial charge in [0.05, 0.1) is 64.6 Å². The minimum atomic E-state index is -3.50. The number of benzene rings is 5. The fourth-order valence-electron chi connectivity index (χ4n) is 16.0. The molecule has 5 aliphatic heterocycles. The Morgan fingerprint density at radius 2 is 0.714 bits per heavy atom. The highest BCUT2D eigenvalue weighted by molar-refractivity contribution is 5.81. The Kier molecular flexibility index (Phi) is 31.3. The molecule has 13 aromatic rings. The van der Waals surface area contributed by atoms with Crippen LogP contribution in [0, 0.1) is 42.9 Å². The number of aliphatic hydroxyl groups is 15. The summed E-state index contributed by atoms with van der Waals surface area (Å²) in [6, 6.07) is 24.7. The van der Waals surface area contributed by atoms with E-state index in [4.69, 9.17) is 37.3 Å². The fourth-order valence-corrected chi connectivity index (χ4v) is 16.0. The monoisotopic (exact) mass is 1980 g/mol. The highest BCUT2D eigenvalue weighted by Crippen LogP contribution is 2.36. The predicted octanol–water partition coefficient (Wildman–Crippen LogP) is -3.98. The summed E-state index contributed by atoms with van der Waals surface area (Å²) in [7, 11) is 0. The summed E-state index contributed by atoms with van der Waals surface area (Å²) in [5, 5.41) is 158. The molecule has 53 heteroatoms. The van der Waals surface area contributed by atoms with Gasteiger partial charge in [-0.25, -0.2) is 45.9 Å². The first-order valence-corrected chi connectivity index (χ1v) is 42.4. The first-order valence-electron chi connectivity index (χ1n) is 42.4. The van der Waals surface area contributed by atoms with Crippen LogP contribution in [0.2, 0.25) is 0 Å². The Hall–Kier alpha value is -13.4. The topological polar surface area (TPSA) is 648 Å². The second kappa shape index (κ2) is 42.8. The molecule has 5 aromatic carbocycles. The molecule has 46 nitrogen and oxygen atoms in total. The van der Waals surface area contributed by atoms with Gasteiger partial charge in [-0.15, -0.1) is 0 Å². The molecule has 0 amide bonds. The van der Waals surface area contributed by atoms with Crippen molar-refractivity contribution in [3.05, 3.63) is 325 Å². The first kappa shape index (κ1) is 103. The minimum absolute atomic E-state index is 0.0267. The Morgan fingerprint density at radius 3 is 1.15 bits per heavy atom. The van der Waals surface area contributed by atoms with E-state index in [1.165, 1.54) is 98.9 Å². The van der Waals surface area contributed by atoms with Gasteiger partial charge < -0.3 is 114 Å². The van der Waals surface area contributed by atoms with E-state index in [1.807, 2.05) is 0 Å². The quantitative estimate of drug-likeness (QED) is 0.0288. The summed E-state index contributed by atoms with van der Waals surface area (Å²) < 4.78 is 147. The molecule has 5 saturated heterocycles. The lowest BCUT2D eigenvalue weighted by Gasteiger charge is -2.22. The number of halogens is 7. The van der Waals surface area contributed by atoms with E-state index >= 15 is 0 Å². The number of alkyl halides is 2. The zero-order chi connectivity index (χ0) is 101. The molecule has 5 fully saturated rings. The third kappa shape index (κ3) is 20.7. The van der Waals surface area contributed by atoms with Gasteiger partial charge in [0.15, 0.2) is 47.9 Å². The molecule has 748 valence electrons. The lowest BCUT2D eigenvalue weighted by Crippen LogP contribution is -2.46. The number of aromatic nitrogens is 13. The van der Waals surface area contributed by atoms with E-state index in [0.29, 0.717) is 27.0 Å². The SMILES string of the molecule is Cc1cn([C@@H]2O[C@H](CO)C(O)[C@@H]2O)c(=O)n(CC(F)(F)c2ccccc2)c1=O.Cc1cn([C@@H]2O[C@H](CO)C(O)[C@@H]2O)c(=O)n(CCc2ccc(F)cc2F)c1=O.O=c1ccn([C@@H]2O[C@H](CO)[C@H](O)C2O)c(=O)n1Cc1noc2cc(F)ccc12.O=c1ccn([C@@H]2O[C@H](CO)[C@H](O)C2O)c(=O)n1Cc1noc2ccc(F)cc12.O=c1ccn([C@@H]2O[C@H](CO)[C@H](O)C2O)c(=O)n1Cc1noc2cccc(F)c12. The van der Waals surface area contributed by atoms with Crippen LogP contribution >= 0.6 is 0 Å². The molecule has 8 aromatic heterocycles. The second-order valence-corrected chi connectivity index (χ2v) is 32.6. The predicted molar refractivity (Wildman–Crippen MR) is 459 cm³/mol. The molecule has 0 aliphatic carbocycles. The zero-order valence-corrected chi connectivity index (χ0v) is 72.8. The third-order valence-electron chi connectivity index (χ3n) is 23.6. The van der Waals surface area contributed by atoms with Crippen molar-refractivity contribution in [1.82, 2.24) is 61.1 Å². The molecule has 5 aliphatic rings. The van der Waals surface area contributed by atoms with Crippen LogP contribution in [-0.2, 0) is 68.8 Å². The maximum atomic E-state index is 14.6. The van der Waals surface area contributed by atoms with Crippen LogP contribution in [0.1, 0.15) is 70.5 Å². The summed E-state index contributed by atoms with van der Waals surface area (Å²) in [6.07, 6.45) is -21.1. The van der Waals surface area contributed by atoms with Gasteiger partial charge in [0.1, 0.15) is 138 Å². The Balaban J connectivity index is 0.000000139. The number of rotatable bonds is 22. The van der Waals surface area contributed by atoms with Crippen molar-refractivity contribution in [2.75, 3.05) is 33.0 Å². The number of ether oxygens (including phenoxy) is 5. The third-order valence-corrected chi connectivity index (χ3v) is 23.6. The molecular formula is C87H88F7N13O33. The van der Waals surface area contributed by atoms with Crippen molar-refractivity contribution in [1.29, 1.82) is 0 Å². The van der Waals surface area contributed by atoms with Crippen molar-refractivity contribution in [3.8, 4) is 0 Å². The summed E-state index contributed by atoms with van der Waals surface area (Å²) in [6.45, 7) is -2.39.